The van der Waals surface area contributed by atoms with Crippen molar-refractivity contribution < 1.29 is 14.3 Å². The van der Waals surface area contributed by atoms with E-state index in [4.69, 9.17) is 15.9 Å². The highest BCUT2D eigenvalue weighted by Gasteiger charge is 2.10. The summed E-state index contributed by atoms with van der Waals surface area (Å²) in [6.45, 7) is 2.40. The van der Waals surface area contributed by atoms with Gasteiger partial charge < -0.3 is 14.0 Å². The molecule has 0 saturated carbocycles. The Morgan fingerprint density at radius 3 is 2.67 bits per heavy atom. The maximum Gasteiger partial charge on any atom is 0.252 e. The number of amides is 1. The van der Waals surface area contributed by atoms with Crippen LogP contribution in [0.2, 0.25) is 0 Å². The van der Waals surface area contributed by atoms with E-state index in [1.54, 1.807) is 26.4 Å². The number of hydrogen-bond donors (Lipinski definition) is 0. The van der Waals surface area contributed by atoms with Crippen molar-refractivity contribution in [3.63, 3.8) is 0 Å². The van der Waals surface area contributed by atoms with Crippen LogP contribution in [0.15, 0.2) is 41.4 Å². The van der Waals surface area contributed by atoms with Crippen molar-refractivity contribution in [3.05, 3.63) is 52.3 Å². The molecule has 3 aromatic rings. The number of nitrogens with zero attached hydrogens (tertiary/aromatic N) is 2. The molecule has 138 valence electrons. The number of fused-ring (bicyclic) bond motifs is 1. The van der Waals surface area contributed by atoms with Gasteiger partial charge in [-0.05, 0) is 42.3 Å². The largest absolute Gasteiger partial charge is 0.493 e. The first-order valence-electron chi connectivity index (χ1n) is 8.37. The highest BCUT2D eigenvalue weighted by Crippen LogP contribution is 2.27. The van der Waals surface area contributed by atoms with E-state index in [0.29, 0.717) is 22.8 Å². The van der Waals surface area contributed by atoms with Gasteiger partial charge in [-0.3, -0.25) is 4.79 Å². The molecular formula is C21H20N2O3S. The van der Waals surface area contributed by atoms with Gasteiger partial charge in [-0.2, -0.15) is 4.99 Å². The van der Waals surface area contributed by atoms with Crippen LogP contribution in [0.1, 0.15) is 11.1 Å². The van der Waals surface area contributed by atoms with Gasteiger partial charge in [0.25, 0.3) is 5.91 Å². The van der Waals surface area contributed by atoms with Crippen molar-refractivity contribution in [2.75, 3.05) is 14.2 Å². The van der Waals surface area contributed by atoms with E-state index in [9.17, 15) is 4.79 Å². The molecule has 0 bridgehead atoms. The Labute approximate surface area is 161 Å². The highest BCUT2D eigenvalue weighted by atomic mass is 32.1. The van der Waals surface area contributed by atoms with Crippen molar-refractivity contribution in [2.45, 2.75) is 19.9 Å². The normalized spacial score (nSPS) is 11.4. The van der Waals surface area contributed by atoms with E-state index in [1.165, 1.54) is 11.3 Å². The molecule has 0 aliphatic carbocycles. The predicted molar refractivity (Wildman–Crippen MR) is 107 cm³/mol. The number of ether oxygens (including phenoxy) is 2. The monoisotopic (exact) mass is 380 g/mol. The summed E-state index contributed by atoms with van der Waals surface area (Å²) in [5.74, 6) is 3.60. The van der Waals surface area contributed by atoms with Crippen LogP contribution in [-0.2, 0) is 17.8 Å². The maximum absolute atomic E-state index is 12.5. The third-order valence-electron chi connectivity index (χ3n) is 4.11. The number of carbonyl (C=O) groups excluding carboxylic acids is 1. The minimum absolute atomic E-state index is 0.170. The Morgan fingerprint density at radius 1 is 1.19 bits per heavy atom. The van der Waals surface area contributed by atoms with E-state index in [1.807, 2.05) is 29.7 Å². The van der Waals surface area contributed by atoms with Gasteiger partial charge in [0.05, 0.1) is 37.4 Å². The molecule has 1 aromatic heterocycles. The standard InChI is InChI=1S/C21H20N2O3S/c1-5-10-23-16-8-6-14(2)11-19(16)27-21(23)22-20(24)13-15-7-9-17(25-3)18(12-15)26-4/h1,6-9,11-12H,10,13H2,2-4H3. The van der Waals surface area contributed by atoms with Crippen LogP contribution in [0.5, 0.6) is 11.5 Å². The average Bonchev–Trinajstić information content (AvgIpc) is 2.98. The summed E-state index contributed by atoms with van der Waals surface area (Å²) in [6, 6.07) is 11.5. The predicted octanol–water partition coefficient (Wildman–Crippen LogP) is 3.33. The summed E-state index contributed by atoms with van der Waals surface area (Å²) < 4.78 is 13.5. The van der Waals surface area contributed by atoms with Gasteiger partial charge in [-0.25, -0.2) is 0 Å². The van der Waals surface area contributed by atoms with Gasteiger partial charge in [0.2, 0.25) is 0 Å². The van der Waals surface area contributed by atoms with Gasteiger partial charge in [0, 0.05) is 0 Å². The Bertz CT molecular complexity index is 1100. The van der Waals surface area contributed by atoms with E-state index in [-0.39, 0.29) is 12.3 Å². The molecule has 0 aliphatic heterocycles. The molecule has 0 radical (unpaired) electrons. The van der Waals surface area contributed by atoms with Crippen LogP contribution in [-0.4, -0.2) is 24.7 Å². The Balaban J connectivity index is 1.95. The first-order valence-corrected chi connectivity index (χ1v) is 9.19. The Hall–Kier alpha value is -3.04. The Kier molecular flexibility index (Phi) is 5.63. The number of hydrogen-bond acceptors (Lipinski definition) is 4. The molecule has 0 N–H and O–H groups in total. The van der Waals surface area contributed by atoms with Crippen LogP contribution < -0.4 is 14.3 Å². The molecule has 27 heavy (non-hydrogen) atoms. The van der Waals surface area contributed by atoms with Crippen LogP contribution >= 0.6 is 11.3 Å². The third-order valence-corrected chi connectivity index (χ3v) is 5.15. The summed E-state index contributed by atoms with van der Waals surface area (Å²) in [6.07, 6.45) is 5.67. The smallest absolute Gasteiger partial charge is 0.252 e. The first kappa shape index (κ1) is 18.7. The molecule has 1 heterocycles. The molecule has 6 heteroatoms. The molecular weight excluding hydrogens is 360 g/mol. The number of carbonyl (C=O) groups is 1. The van der Waals surface area contributed by atoms with E-state index in [2.05, 4.69) is 17.0 Å². The van der Waals surface area contributed by atoms with Crippen molar-refractivity contribution in [3.8, 4) is 23.8 Å². The number of terminal acetylenes is 1. The zero-order valence-corrected chi connectivity index (χ0v) is 16.3. The van der Waals surface area contributed by atoms with Crippen LogP contribution in [0, 0.1) is 19.3 Å². The summed E-state index contributed by atoms with van der Waals surface area (Å²) in [7, 11) is 3.14. The summed E-state index contributed by atoms with van der Waals surface area (Å²) in [5, 5.41) is 0. The molecule has 0 fully saturated rings. The molecule has 0 saturated heterocycles. The molecule has 2 aromatic carbocycles. The lowest BCUT2D eigenvalue weighted by Crippen LogP contribution is -2.17. The van der Waals surface area contributed by atoms with E-state index >= 15 is 0 Å². The molecule has 0 unspecified atom stereocenters. The second-order valence-electron chi connectivity index (χ2n) is 6.02. The van der Waals surface area contributed by atoms with Crippen LogP contribution in [0.4, 0.5) is 0 Å². The van der Waals surface area contributed by atoms with Gasteiger partial charge in [0.15, 0.2) is 16.3 Å². The summed E-state index contributed by atoms with van der Waals surface area (Å²) in [5.41, 5.74) is 2.95. The SMILES string of the molecule is C#CCn1c(=NC(=O)Cc2ccc(OC)c(OC)c2)sc2cc(C)ccc21. The van der Waals surface area contributed by atoms with Gasteiger partial charge in [0.1, 0.15) is 0 Å². The number of aromatic nitrogens is 1. The van der Waals surface area contributed by atoms with Crippen molar-refractivity contribution in [1.82, 2.24) is 4.57 Å². The van der Waals surface area contributed by atoms with Gasteiger partial charge in [-0.1, -0.05) is 29.4 Å². The van der Waals surface area contributed by atoms with E-state index < -0.39 is 0 Å². The topological polar surface area (TPSA) is 52.8 Å². The molecule has 0 aliphatic rings. The van der Waals surface area contributed by atoms with Crippen LogP contribution in [0.3, 0.4) is 0 Å². The number of rotatable bonds is 5. The fourth-order valence-corrected chi connectivity index (χ4v) is 3.97. The summed E-state index contributed by atoms with van der Waals surface area (Å²) >= 11 is 1.47. The molecule has 5 nitrogen and oxygen atoms in total. The fourth-order valence-electron chi connectivity index (χ4n) is 2.82. The lowest BCUT2D eigenvalue weighted by molar-refractivity contribution is -0.117. The quantitative estimate of drug-likeness (QED) is 0.638. The number of aryl methyl sites for hydroxylation is 1. The summed E-state index contributed by atoms with van der Waals surface area (Å²) in [4.78, 5) is 17.5. The maximum atomic E-state index is 12.5. The number of benzene rings is 2. The van der Waals surface area contributed by atoms with Crippen molar-refractivity contribution in [2.24, 2.45) is 4.99 Å². The molecule has 1 amide bonds. The molecule has 3 rings (SSSR count). The number of thiazole rings is 1. The first-order chi connectivity index (χ1) is 13.0. The van der Waals surface area contributed by atoms with E-state index in [0.717, 1.165) is 21.3 Å². The van der Waals surface area contributed by atoms with Crippen molar-refractivity contribution >= 4 is 27.5 Å². The average molecular weight is 380 g/mol. The highest BCUT2D eigenvalue weighted by molar-refractivity contribution is 7.16. The molecule has 0 atom stereocenters. The van der Waals surface area contributed by atoms with Gasteiger partial charge in [-0.15, -0.1) is 6.42 Å². The minimum atomic E-state index is -0.240. The Morgan fingerprint density at radius 2 is 1.96 bits per heavy atom. The van der Waals surface area contributed by atoms with Gasteiger partial charge >= 0.3 is 0 Å². The second kappa shape index (κ2) is 8.11. The number of methoxy groups -OCH3 is 2. The third kappa shape index (κ3) is 4.04. The molecule has 0 spiro atoms. The second-order valence-corrected chi connectivity index (χ2v) is 7.03. The zero-order chi connectivity index (χ0) is 19.4. The fraction of sp³-hybridized carbons (Fsp3) is 0.238. The zero-order valence-electron chi connectivity index (χ0n) is 15.5. The minimum Gasteiger partial charge on any atom is -0.493 e. The lowest BCUT2D eigenvalue weighted by atomic mass is 10.1. The van der Waals surface area contributed by atoms with Crippen LogP contribution in [0.25, 0.3) is 10.2 Å². The van der Waals surface area contributed by atoms with Crippen molar-refractivity contribution in [1.29, 1.82) is 0 Å². The lowest BCUT2D eigenvalue weighted by Gasteiger charge is -2.08.